The number of anilines is 2. The summed E-state index contributed by atoms with van der Waals surface area (Å²) in [5, 5.41) is 5.44. The summed E-state index contributed by atoms with van der Waals surface area (Å²) in [6.07, 6.45) is 0. The van der Waals surface area contributed by atoms with Crippen molar-refractivity contribution in [3.8, 4) is 0 Å². The fourth-order valence-electron chi connectivity index (χ4n) is 2.17. The Balaban J connectivity index is 2.53. The summed E-state index contributed by atoms with van der Waals surface area (Å²) in [5.41, 5.74) is 0.761. The Kier molecular flexibility index (Phi) is 7.57. The molecule has 0 aliphatic rings. The number of hydrogen-bond donors (Lipinski definition) is 3. The van der Waals surface area contributed by atoms with Gasteiger partial charge in [-0.15, -0.1) is 0 Å². The molecule has 0 fully saturated rings. The Morgan fingerprint density at radius 3 is 1.96 bits per heavy atom. The van der Waals surface area contributed by atoms with Crippen LogP contribution in [-0.2, 0) is 19.1 Å². The number of ether oxygens (including phenoxy) is 1. The molecule has 1 atom stereocenters. The number of quaternary nitrogens is 1. The van der Waals surface area contributed by atoms with Crippen LogP contribution < -0.4 is 15.5 Å². The molecule has 25 heavy (non-hydrogen) atoms. The minimum atomic E-state index is -0.534. The first-order valence-corrected chi connectivity index (χ1v) is 8.32. The summed E-state index contributed by atoms with van der Waals surface area (Å²) in [5.74, 6) is -0.661. The summed E-state index contributed by atoms with van der Waals surface area (Å²) in [7, 11) is 0. The van der Waals surface area contributed by atoms with Gasteiger partial charge >= 0.3 is 5.97 Å². The highest BCUT2D eigenvalue weighted by Crippen LogP contribution is 2.13. The van der Waals surface area contributed by atoms with Crippen LogP contribution in [0.4, 0.5) is 11.4 Å². The zero-order valence-electron chi connectivity index (χ0n) is 15.6. The zero-order chi connectivity index (χ0) is 19.0. The lowest BCUT2D eigenvalue weighted by Crippen LogP contribution is -3.13. The zero-order valence-corrected chi connectivity index (χ0v) is 15.6. The molecule has 1 aromatic carbocycles. The molecule has 0 saturated carbocycles. The van der Waals surface area contributed by atoms with E-state index in [0.717, 1.165) is 4.90 Å². The molecule has 7 heteroatoms. The Hall–Kier alpha value is -2.41. The van der Waals surface area contributed by atoms with Crippen molar-refractivity contribution in [3.63, 3.8) is 0 Å². The van der Waals surface area contributed by atoms with Crippen molar-refractivity contribution in [3.05, 3.63) is 24.3 Å². The van der Waals surface area contributed by atoms with Crippen molar-refractivity contribution >= 4 is 29.2 Å². The summed E-state index contributed by atoms with van der Waals surface area (Å²) in [6.45, 7) is 9.73. The number of carbonyl (C=O) groups excluding carboxylic acids is 3. The minimum absolute atomic E-state index is 0.142. The molecule has 0 bridgehead atoms. The molecule has 0 aliphatic carbocycles. The van der Waals surface area contributed by atoms with Crippen LogP contribution in [0.15, 0.2) is 24.3 Å². The first-order valence-electron chi connectivity index (χ1n) is 8.32. The normalized spacial score (nSPS) is 12.2. The smallest absolute Gasteiger partial charge is 0.362 e. The summed E-state index contributed by atoms with van der Waals surface area (Å²) in [4.78, 5) is 35.8. The van der Waals surface area contributed by atoms with E-state index in [0.29, 0.717) is 17.9 Å². The van der Waals surface area contributed by atoms with Crippen LogP contribution in [0, 0.1) is 0 Å². The van der Waals surface area contributed by atoms with Gasteiger partial charge in [-0.3, -0.25) is 9.59 Å². The third-order valence-electron chi connectivity index (χ3n) is 3.21. The third-order valence-corrected chi connectivity index (χ3v) is 3.21. The van der Waals surface area contributed by atoms with Gasteiger partial charge in [0.2, 0.25) is 5.91 Å². The average molecular weight is 350 g/mol. The molecule has 0 aromatic heterocycles. The van der Waals surface area contributed by atoms with Crippen molar-refractivity contribution in [2.45, 2.75) is 40.2 Å². The Bertz CT molecular complexity index is 606. The molecule has 0 radical (unpaired) electrons. The van der Waals surface area contributed by atoms with Crippen LogP contribution in [0.1, 0.15) is 34.6 Å². The number of rotatable bonds is 7. The van der Waals surface area contributed by atoms with Gasteiger partial charge in [-0.1, -0.05) is 0 Å². The predicted octanol–water partition coefficient (Wildman–Crippen LogP) is 0.830. The fourth-order valence-corrected chi connectivity index (χ4v) is 2.17. The highest BCUT2D eigenvalue weighted by atomic mass is 16.6. The van der Waals surface area contributed by atoms with Crippen LogP contribution in [0.2, 0.25) is 0 Å². The molecule has 1 rings (SSSR count). The van der Waals surface area contributed by atoms with Crippen molar-refractivity contribution < 1.29 is 24.0 Å². The number of benzene rings is 1. The van der Waals surface area contributed by atoms with E-state index in [1.165, 1.54) is 6.92 Å². The van der Waals surface area contributed by atoms with Crippen molar-refractivity contribution in [2.75, 3.05) is 30.3 Å². The lowest BCUT2D eigenvalue weighted by molar-refractivity contribution is -0.882. The highest BCUT2D eigenvalue weighted by Gasteiger charge is 2.22. The molecule has 1 aromatic rings. The monoisotopic (exact) mass is 350 g/mol. The number of likely N-dealkylation sites (N-methyl/N-ethyl adjacent to an activating group) is 1. The van der Waals surface area contributed by atoms with Gasteiger partial charge in [0.15, 0.2) is 13.1 Å². The second-order valence-corrected chi connectivity index (χ2v) is 6.85. The van der Waals surface area contributed by atoms with Gasteiger partial charge in [0, 0.05) is 18.3 Å². The van der Waals surface area contributed by atoms with E-state index in [2.05, 4.69) is 10.6 Å². The second-order valence-electron chi connectivity index (χ2n) is 6.85. The van der Waals surface area contributed by atoms with Gasteiger partial charge in [-0.05, 0) is 52.0 Å². The largest absolute Gasteiger partial charge is 0.456 e. The molecular weight excluding hydrogens is 322 g/mol. The van der Waals surface area contributed by atoms with Crippen LogP contribution in [0.5, 0.6) is 0 Å². The SMILES string of the molecule is CC[NH+](CC(=O)Nc1ccc(NC(C)=O)cc1)CC(=O)OC(C)(C)C. The molecule has 3 N–H and O–H groups in total. The Morgan fingerprint density at radius 2 is 1.52 bits per heavy atom. The molecule has 0 aliphatic heterocycles. The maximum Gasteiger partial charge on any atom is 0.362 e. The van der Waals surface area contributed by atoms with Gasteiger partial charge in [0.1, 0.15) is 5.60 Å². The quantitative estimate of drug-likeness (QED) is 0.636. The Labute approximate surface area is 148 Å². The average Bonchev–Trinajstić information content (AvgIpc) is 2.46. The molecule has 2 amide bonds. The van der Waals surface area contributed by atoms with Gasteiger partial charge in [-0.25, -0.2) is 4.79 Å². The standard InChI is InChI=1S/C18H27N3O4/c1-6-21(12-17(24)25-18(3,4)5)11-16(23)20-15-9-7-14(8-10-15)19-13(2)22/h7-10H,6,11-12H2,1-5H3,(H,19,22)(H,20,23)/p+1. The maximum atomic E-state index is 12.2. The van der Waals surface area contributed by atoms with Crippen LogP contribution in [0.25, 0.3) is 0 Å². The summed E-state index contributed by atoms with van der Waals surface area (Å²) < 4.78 is 5.29. The van der Waals surface area contributed by atoms with E-state index in [1.54, 1.807) is 24.3 Å². The van der Waals surface area contributed by atoms with E-state index in [1.807, 2.05) is 27.7 Å². The number of esters is 1. The first-order chi connectivity index (χ1) is 11.6. The van der Waals surface area contributed by atoms with Gasteiger partial charge < -0.3 is 20.3 Å². The second kappa shape index (κ2) is 9.17. The molecule has 138 valence electrons. The highest BCUT2D eigenvalue weighted by molar-refractivity contribution is 5.92. The van der Waals surface area contributed by atoms with Crippen LogP contribution in [-0.4, -0.2) is 43.0 Å². The number of nitrogens with one attached hydrogen (secondary N) is 3. The molecular formula is C18H28N3O4+. The van der Waals surface area contributed by atoms with E-state index in [4.69, 9.17) is 4.74 Å². The molecule has 0 saturated heterocycles. The maximum absolute atomic E-state index is 12.2. The molecule has 1 unspecified atom stereocenters. The minimum Gasteiger partial charge on any atom is -0.456 e. The van der Waals surface area contributed by atoms with Gasteiger partial charge in [0.05, 0.1) is 6.54 Å². The van der Waals surface area contributed by atoms with Crippen molar-refractivity contribution in [2.24, 2.45) is 0 Å². The van der Waals surface area contributed by atoms with E-state index in [9.17, 15) is 14.4 Å². The predicted molar refractivity (Wildman–Crippen MR) is 96.5 cm³/mol. The number of amides is 2. The molecule has 0 spiro atoms. The van der Waals surface area contributed by atoms with E-state index in [-0.39, 0.29) is 30.9 Å². The van der Waals surface area contributed by atoms with Gasteiger partial charge in [0.25, 0.3) is 5.91 Å². The van der Waals surface area contributed by atoms with Crippen LogP contribution in [0.3, 0.4) is 0 Å². The topological polar surface area (TPSA) is 88.9 Å². The fraction of sp³-hybridized carbons (Fsp3) is 0.500. The van der Waals surface area contributed by atoms with Crippen LogP contribution >= 0.6 is 0 Å². The van der Waals surface area contributed by atoms with Crippen molar-refractivity contribution in [1.82, 2.24) is 0 Å². The third kappa shape index (κ3) is 8.85. The number of carbonyl (C=O) groups is 3. The molecule has 0 heterocycles. The van der Waals surface area contributed by atoms with E-state index < -0.39 is 5.60 Å². The lowest BCUT2D eigenvalue weighted by Gasteiger charge is -2.22. The van der Waals surface area contributed by atoms with E-state index >= 15 is 0 Å². The summed E-state index contributed by atoms with van der Waals surface area (Å²) >= 11 is 0. The Morgan fingerprint density at radius 1 is 1.00 bits per heavy atom. The van der Waals surface area contributed by atoms with Crippen molar-refractivity contribution in [1.29, 1.82) is 0 Å². The lowest BCUT2D eigenvalue weighted by atomic mass is 10.2. The summed E-state index contributed by atoms with van der Waals surface area (Å²) in [6, 6.07) is 6.84. The van der Waals surface area contributed by atoms with Gasteiger partial charge in [-0.2, -0.15) is 0 Å². The molecule has 7 nitrogen and oxygen atoms in total. The first kappa shape index (κ1) is 20.6. The number of hydrogen-bond acceptors (Lipinski definition) is 4.